The monoisotopic (exact) mass is 296 g/mol. The zero-order valence-electron chi connectivity index (χ0n) is 9.92. The van der Waals surface area contributed by atoms with Gasteiger partial charge in [0.25, 0.3) is 0 Å². The van der Waals surface area contributed by atoms with Gasteiger partial charge < -0.3 is 10.6 Å². The standard InChI is InChI=1S/C13H17BrN2O/c1-13(6-3-7-13)15-9-12(17)16-11-5-2-4-10(14)8-11/h2,4-5,8,15H,3,6-7,9H2,1H3,(H,16,17). The van der Waals surface area contributed by atoms with Gasteiger partial charge >= 0.3 is 0 Å². The van der Waals surface area contributed by atoms with Gasteiger partial charge in [-0.25, -0.2) is 0 Å². The number of amides is 1. The predicted octanol–water partition coefficient (Wildman–Crippen LogP) is 2.92. The SMILES string of the molecule is CC1(NCC(=O)Nc2cccc(Br)c2)CCC1. The largest absolute Gasteiger partial charge is 0.325 e. The third kappa shape index (κ3) is 3.54. The average molecular weight is 297 g/mol. The number of halogens is 1. The summed E-state index contributed by atoms with van der Waals surface area (Å²) in [6.07, 6.45) is 3.59. The summed E-state index contributed by atoms with van der Waals surface area (Å²) in [5, 5.41) is 6.18. The summed E-state index contributed by atoms with van der Waals surface area (Å²) in [6.45, 7) is 2.55. The Kier molecular flexibility index (Phi) is 3.84. The topological polar surface area (TPSA) is 41.1 Å². The van der Waals surface area contributed by atoms with Crippen LogP contribution < -0.4 is 10.6 Å². The molecule has 1 aromatic carbocycles. The maximum Gasteiger partial charge on any atom is 0.238 e. The van der Waals surface area contributed by atoms with E-state index < -0.39 is 0 Å². The minimum Gasteiger partial charge on any atom is -0.325 e. The molecule has 1 saturated carbocycles. The van der Waals surface area contributed by atoms with Crippen LogP contribution in [0.15, 0.2) is 28.7 Å². The summed E-state index contributed by atoms with van der Waals surface area (Å²) in [7, 11) is 0. The first-order chi connectivity index (χ1) is 8.07. The van der Waals surface area contributed by atoms with E-state index >= 15 is 0 Å². The molecular weight excluding hydrogens is 280 g/mol. The fourth-order valence-electron chi connectivity index (χ4n) is 1.95. The van der Waals surface area contributed by atoms with Crippen molar-refractivity contribution in [2.45, 2.75) is 31.7 Å². The van der Waals surface area contributed by atoms with E-state index in [4.69, 9.17) is 0 Å². The van der Waals surface area contributed by atoms with Crippen LogP contribution in [-0.4, -0.2) is 18.0 Å². The van der Waals surface area contributed by atoms with Crippen LogP contribution >= 0.6 is 15.9 Å². The number of hydrogen-bond donors (Lipinski definition) is 2. The first-order valence-corrected chi connectivity index (χ1v) is 6.67. The molecule has 0 atom stereocenters. The Morgan fingerprint density at radius 2 is 2.24 bits per heavy atom. The van der Waals surface area contributed by atoms with Crippen molar-refractivity contribution < 1.29 is 4.79 Å². The van der Waals surface area contributed by atoms with E-state index in [1.54, 1.807) is 0 Å². The number of benzene rings is 1. The fraction of sp³-hybridized carbons (Fsp3) is 0.462. The van der Waals surface area contributed by atoms with Gasteiger partial charge in [-0.2, -0.15) is 0 Å². The Labute approximate surface area is 110 Å². The lowest BCUT2D eigenvalue weighted by Gasteiger charge is -2.39. The molecule has 1 fully saturated rings. The van der Waals surface area contributed by atoms with Crippen LogP contribution in [0.25, 0.3) is 0 Å². The van der Waals surface area contributed by atoms with Crippen molar-refractivity contribution in [3.63, 3.8) is 0 Å². The molecule has 0 unspecified atom stereocenters. The fourth-order valence-corrected chi connectivity index (χ4v) is 2.35. The van der Waals surface area contributed by atoms with E-state index in [0.29, 0.717) is 6.54 Å². The molecule has 0 heterocycles. The van der Waals surface area contributed by atoms with Gasteiger partial charge in [-0.1, -0.05) is 22.0 Å². The molecule has 0 spiro atoms. The summed E-state index contributed by atoms with van der Waals surface area (Å²) in [5.41, 5.74) is 0.999. The minimum absolute atomic E-state index is 0.0104. The summed E-state index contributed by atoms with van der Waals surface area (Å²) in [6, 6.07) is 7.61. The molecule has 3 nitrogen and oxygen atoms in total. The van der Waals surface area contributed by atoms with Crippen molar-refractivity contribution in [3.8, 4) is 0 Å². The molecule has 92 valence electrons. The van der Waals surface area contributed by atoms with Crippen LogP contribution in [-0.2, 0) is 4.79 Å². The minimum atomic E-state index is 0.0104. The molecule has 1 amide bonds. The van der Waals surface area contributed by atoms with Gasteiger partial charge in [0, 0.05) is 15.7 Å². The predicted molar refractivity (Wildman–Crippen MR) is 73.0 cm³/mol. The lowest BCUT2D eigenvalue weighted by Crippen LogP contribution is -2.50. The summed E-state index contributed by atoms with van der Waals surface area (Å²) < 4.78 is 0.967. The van der Waals surface area contributed by atoms with E-state index in [2.05, 4.69) is 33.5 Å². The quantitative estimate of drug-likeness (QED) is 0.897. The molecule has 2 rings (SSSR count). The summed E-state index contributed by atoms with van der Waals surface area (Å²) in [4.78, 5) is 11.7. The molecule has 0 aromatic heterocycles. The molecule has 0 saturated heterocycles. The lowest BCUT2D eigenvalue weighted by molar-refractivity contribution is -0.115. The molecule has 0 bridgehead atoms. The third-order valence-corrected chi connectivity index (χ3v) is 3.73. The maximum atomic E-state index is 11.7. The van der Waals surface area contributed by atoms with Crippen molar-refractivity contribution in [3.05, 3.63) is 28.7 Å². The molecule has 2 N–H and O–H groups in total. The van der Waals surface area contributed by atoms with Gasteiger partial charge in [0.1, 0.15) is 0 Å². The molecular formula is C13H17BrN2O. The first-order valence-electron chi connectivity index (χ1n) is 5.88. The van der Waals surface area contributed by atoms with Gasteiger partial charge in [0.05, 0.1) is 6.54 Å². The van der Waals surface area contributed by atoms with Crippen LogP contribution in [0.3, 0.4) is 0 Å². The number of rotatable bonds is 4. The van der Waals surface area contributed by atoms with Crippen molar-refractivity contribution in [2.75, 3.05) is 11.9 Å². The van der Waals surface area contributed by atoms with Crippen molar-refractivity contribution in [1.82, 2.24) is 5.32 Å². The van der Waals surface area contributed by atoms with Gasteiger partial charge in [-0.15, -0.1) is 0 Å². The highest BCUT2D eigenvalue weighted by Crippen LogP contribution is 2.30. The first kappa shape index (κ1) is 12.6. The van der Waals surface area contributed by atoms with Crippen molar-refractivity contribution in [1.29, 1.82) is 0 Å². The second kappa shape index (κ2) is 5.19. The molecule has 0 aliphatic heterocycles. The van der Waals surface area contributed by atoms with E-state index in [0.717, 1.165) is 23.0 Å². The van der Waals surface area contributed by atoms with E-state index in [9.17, 15) is 4.79 Å². The van der Waals surface area contributed by atoms with Gasteiger partial charge in [0.2, 0.25) is 5.91 Å². The van der Waals surface area contributed by atoms with Gasteiger partial charge in [-0.05, 0) is 44.4 Å². The smallest absolute Gasteiger partial charge is 0.238 e. The Morgan fingerprint density at radius 1 is 1.47 bits per heavy atom. The Morgan fingerprint density at radius 3 is 2.82 bits per heavy atom. The lowest BCUT2D eigenvalue weighted by atomic mass is 9.78. The third-order valence-electron chi connectivity index (χ3n) is 3.24. The van der Waals surface area contributed by atoms with Crippen molar-refractivity contribution in [2.24, 2.45) is 0 Å². The molecule has 4 heteroatoms. The zero-order chi connectivity index (χ0) is 12.3. The molecule has 1 aliphatic rings. The van der Waals surface area contributed by atoms with E-state index in [-0.39, 0.29) is 11.4 Å². The molecule has 17 heavy (non-hydrogen) atoms. The van der Waals surface area contributed by atoms with Crippen LogP contribution in [0.1, 0.15) is 26.2 Å². The van der Waals surface area contributed by atoms with Crippen LogP contribution in [0.2, 0.25) is 0 Å². The van der Waals surface area contributed by atoms with Crippen molar-refractivity contribution >= 4 is 27.5 Å². The normalized spacial score (nSPS) is 17.3. The second-order valence-corrected chi connectivity index (χ2v) is 5.74. The van der Waals surface area contributed by atoms with Gasteiger partial charge in [0.15, 0.2) is 0 Å². The number of carbonyl (C=O) groups excluding carboxylic acids is 1. The Bertz CT molecular complexity index is 416. The van der Waals surface area contributed by atoms with Crippen LogP contribution in [0, 0.1) is 0 Å². The van der Waals surface area contributed by atoms with Crippen LogP contribution in [0.5, 0.6) is 0 Å². The van der Waals surface area contributed by atoms with E-state index in [1.165, 1.54) is 6.42 Å². The molecule has 0 radical (unpaired) electrons. The number of carbonyl (C=O) groups is 1. The highest BCUT2D eigenvalue weighted by molar-refractivity contribution is 9.10. The number of hydrogen-bond acceptors (Lipinski definition) is 2. The molecule has 1 aliphatic carbocycles. The summed E-state index contributed by atoms with van der Waals surface area (Å²) >= 11 is 3.38. The zero-order valence-corrected chi connectivity index (χ0v) is 11.5. The van der Waals surface area contributed by atoms with E-state index in [1.807, 2.05) is 24.3 Å². The second-order valence-electron chi connectivity index (χ2n) is 4.83. The average Bonchev–Trinajstić information content (AvgIpc) is 2.24. The van der Waals surface area contributed by atoms with Crippen LogP contribution in [0.4, 0.5) is 5.69 Å². The highest BCUT2D eigenvalue weighted by atomic mass is 79.9. The molecule has 1 aromatic rings. The number of nitrogens with one attached hydrogen (secondary N) is 2. The highest BCUT2D eigenvalue weighted by Gasteiger charge is 2.31. The van der Waals surface area contributed by atoms with Gasteiger partial charge in [-0.3, -0.25) is 4.79 Å². The summed E-state index contributed by atoms with van der Waals surface area (Å²) in [5.74, 6) is 0.0104. The number of anilines is 1. The maximum absolute atomic E-state index is 11.7. The Hall–Kier alpha value is -0.870. The Balaban J connectivity index is 1.81.